The van der Waals surface area contributed by atoms with E-state index >= 15 is 0 Å². The Morgan fingerprint density at radius 1 is 1.00 bits per heavy atom. The van der Waals surface area contributed by atoms with Gasteiger partial charge in [-0.3, -0.25) is 14.4 Å². The number of carbonyl (C=O) groups is 3. The molecule has 34 heavy (non-hydrogen) atoms. The molecule has 0 radical (unpaired) electrons. The van der Waals surface area contributed by atoms with Crippen molar-refractivity contribution in [2.75, 3.05) is 25.0 Å². The number of piperazine rings is 1. The lowest BCUT2D eigenvalue weighted by molar-refractivity contribution is -0.137. The van der Waals surface area contributed by atoms with Crippen LogP contribution >= 0.6 is 0 Å². The van der Waals surface area contributed by atoms with Crippen molar-refractivity contribution < 1.29 is 32.0 Å². The molecule has 10 heteroatoms. The van der Waals surface area contributed by atoms with Crippen LogP contribution in [0.2, 0.25) is 0 Å². The minimum absolute atomic E-state index is 0.00835. The first-order valence-corrected chi connectivity index (χ1v) is 10.5. The summed E-state index contributed by atoms with van der Waals surface area (Å²) in [5, 5.41) is 2.72. The van der Waals surface area contributed by atoms with E-state index in [2.05, 4.69) is 5.32 Å². The number of hydrogen-bond acceptors (Lipinski definition) is 4. The predicted octanol–water partition coefficient (Wildman–Crippen LogP) is 3.88. The van der Waals surface area contributed by atoms with E-state index in [0.29, 0.717) is 11.1 Å². The molecule has 7 nitrogen and oxygen atoms in total. The normalized spacial score (nSPS) is 18.1. The molecule has 3 amide bonds. The van der Waals surface area contributed by atoms with Crippen molar-refractivity contribution >= 4 is 23.4 Å². The molecule has 0 bridgehead atoms. The van der Waals surface area contributed by atoms with Crippen LogP contribution in [0.15, 0.2) is 65.3 Å². The van der Waals surface area contributed by atoms with Gasteiger partial charge in [0.15, 0.2) is 5.76 Å². The number of alkyl halides is 3. The molecule has 174 valence electrons. The quantitative estimate of drug-likeness (QED) is 0.618. The van der Waals surface area contributed by atoms with Gasteiger partial charge in [0.05, 0.1) is 29.6 Å². The molecule has 1 atom stereocenters. The van der Waals surface area contributed by atoms with E-state index in [0.717, 1.165) is 12.1 Å². The fourth-order valence-corrected chi connectivity index (χ4v) is 4.25. The lowest BCUT2D eigenvalue weighted by Crippen LogP contribution is -2.59. The fourth-order valence-electron chi connectivity index (χ4n) is 4.25. The van der Waals surface area contributed by atoms with Crippen LogP contribution in [-0.4, -0.2) is 53.2 Å². The zero-order valence-electron chi connectivity index (χ0n) is 17.6. The van der Waals surface area contributed by atoms with Gasteiger partial charge in [0.25, 0.3) is 11.8 Å². The Balaban J connectivity index is 1.44. The van der Waals surface area contributed by atoms with Gasteiger partial charge in [-0.05, 0) is 47.5 Å². The average Bonchev–Trinajstić information content (AvgIpc) is 3.34. The van der Waals surface area contributed by atoms with Gasteiger partial charge in [0.1, 0.15) is 6.04 Å². The highest BCUT2D eigenvalue weighted by Gasteiger charge is 2.41. The molecule has 1 unspecified atom stereocenters. The third-order valence-electron chi connectivity index (χ3n) is 5.99. The first kappa shape index (κ1) is 21.7. The summed E-state index contributed by atoms with van der Waals surface area (Å²) in [4.78, 5) is 41.8. The number of rotatable bonds is 2. The maximum absolute atomic E-state index is 13.4. The topological polar surface area (TPSA) is 82.9 Å². The monoisotopic (exact) mass is 469 g/mol. The van der Waals surface area contributed by atoms with Gasteiger partial charge in [0.2, 0.25) is 5.91 Å². The number of halogens is 3. The third-order valence-corrected chi connectivity index (χ3v) is 5.99. The summed E-state index contributed by atoms with van der Waals surface area (Å²) in [6.07, 6.45) is -3.12. The SMILES string of the molecule is O=C1Nc2ccc(-c3cccc(C(F)(F)F)c3)cc2C(=O)N2CCN(C(=O)c3ccco3)CC12. The number of amides is 3. The van der Waals surface area contributed by atoms with Crippen molar-refractivity contribution in [2.24, 2.45) is 0 Å². The Hall–Kier alpha value is -4.08. The summed E-state index contributed by atoms with van der Waals surface area (Å²) in [6.45, 7) is 0.319. The lowest BCUT2D eigenvalue weighted by Gasteiger charge is -2.39. The van der Waals surface area contributed by atoms with Gasteiger partial charge in [0, 0.05) is 13.1 Å². The molecule has 2 aromatic carbocycles. The number of fused-ring (bicyclic) bond motifs is 2. The van der Waals surface area contributed by atoms with Gasteiger partial charge in [-0.15, -0.1) is 0 Å². The highest BCUT2D eigenvalue weighted by atomic mass is 19.4. The lowest BCUT2D eigenvalue weighted by atomic mass is 9.99. The van der Waals surface area contributed by atoms with E-state index < -0.39 is 29.6 Å². The zero-order valence-corrected chi connectivity index (χ0v) is 17.6. The molecule has 1 N–H and O–H groups in total. The van der Waals surface area contributed by atoms with Gasteiger partial charge < -0.3 is 19.5 Å². The Labute approximate surface area is 191 Å². The fraction of sp³-hybridized carbons (Fsp3) is 0.208. The van der Waals surface area contributed by atoms with E-state index in [9.17, 15) is 27.6 Å². The maximum Gasteiger partial charge on any atom is 0.416 e. The number of nitrogens with one attached hydrogen (secondary N) is 1. The predicted molar refractivity (Wildman–Crippen MR) is 115 cm³/mol. The van der Waals surface area contributed by atoms with Crippen LogP contribution < -0.4 is 5.32 Å². The first-order chi connectivity index (χ1) is 16.2. The molecule has 2 aliphatic rings. The standard InChI is InChI=1S/C24H18F3N3O4/c25-24(26,27)16-4-1-3-14(11-16)15-6-7-18-17(12-15)22(32)30-9-8-29(13-19(30)21(31)28-18)23(33)20-5-2-10-34-20/h1-7,10-12,19H,8-9,13H2,(H,28,31). The zero-order chi connectivity index (χ0) is 24.0. The van der Waals surface area contributed by atoms with Crippen molar-refractivity contribution in [2.45, 2.75) is 12.2 Å². The van der Waals surface area contributed by atoms with E-state index in [-0.39, 0.29) is 42.6 Å². The summed E-state index contributed by atoms with van der Waals surface area (Å²) in [5.74, 6) is -1.12. The largest absolute Gasteiger partial charge is 0.459 e. The Bertz CT molecular complexity index is 1290. The third kappa shape index (κ3) is 3.81. The molecule has 3 heterocycles. The van der Waals surface area contributed by atoms with Gasteiger partial charge in [-0.1, -0.05) is 18.2 Å². The van der Waals surface area contributed by atoms with Crippen molar-refractivity contribution in [3.63, 3.8) is 0 Å². The second-order valence-electron chi connectivity index (χ2n) is 8.07. The van der Waals surface area contributed by atoms with Crippen LogP contribution in [0, 0.1) is 0 Å². The van der Waals surface area contributed by atoms with Crippen LogP contribution in [0.25, 0.3) is 11.1 Å². The smallest absolute Gasteiger partial charge is 0.416 e. The minimum atomic E-state index is -4.49. The molecular weight excluding hydrogens is 451 g/mol. The number of anilines is 1. The Morgan fingerprint density at radius 2 is 1.79 bits per heavy atom. The van der Waals surface area contributed by atoms with E-state index in [1.54, 1.807) is 12.1 Å². The molecule has 0 spiro atoms. The van der Waals surface area contributed by atoms with E-state index in [1.807, 2.05) is 0 Å². The molecule has 3 aromatic rings. The number of furan rings is 1. The molecule has 0 saturated carbocycles. The van der Waals surface area contributed by atoms with E-state index in [1.165, 1.54) is 46.4 Å². The average molecular weight is 469 g/mol. The van der Waals surface area contributed by atoms with Crippen LogP contribution in [0.3, 0.4) is 0 Å². The van der Waals surface area contributed by atoms with Crippen LogP contribution in [0.5, 0.6) is 0 Å². The Kier molecular flexibility index (Phi) is 5.15. The highest BCUT2D eigenvalue weighted by molar-refractivity contribution is 6.11. The first-order valence-electron chi connectivity index (χ1n) is 10.5. The summed E-state index contributed by atoms with van der Waals surface area (Å²) in [7, 11) is 0. The van der Waals surface area contributed by atoms with Crippen molar-refractivity contribution in [1.29, 1.82) is 0 Å². The van der Waals surface area contributed by atoms with Gasteiger partial charge in [-0.25, -0.2) is 0 Å². The molecule has 2 aliphatic heterocycles. The molecule has 1 saturated heterocycles. The molecule has 5 rings (SSSR count). The number of carbonyl (C=O) groups excluding carboxylic acids is 3. The number of hydrogen-bond donors (Lipinski definition) is 1. The van der Waals surface area contributed by atoms with Gasteiger partial charge in [-0.2, -0.15) is 13.2 Å². The van der Waals surface area contributed by atoms with Crippen LogP contribution in [-0.2, 0) is 11.0 Å². The number of nitrogens with zero attached hydrogens (tertiary/aromatic N) is 2. The molecule has 1 fully saturated rings. The van der Waals surface area contributed by atoms with E-state index in [4.69, 9.17) is 4.42 Å². The highest BCUT2D eigenvalue weighted by Crippen LogP contribution is 2.34. The number of benzene rings is 2. The summed E-state index contributed by atoms with van der Waals surface area (Å²) < 4.78 is 44.6. The second-order valence-corrected chi connectivity index (χ2v) is 8.07. The van der Waals surface area contributed by atoms with Crippen LogP contribution in [0.4, 0.5) is 18.9 Å². The maximum atomic E-state index is 13.4. The van der Waals surface area contributed by atoms with Gasteiger partial charge >= 0.3 is 6.18 Å². The minimum Gasteiger partial charge on any atom is -0.459 e. The summed E-state index contributed by atoms with van der Waals surface area (Å²) >= 11 is 0. The van der Waals surface area contributed by atoms with Crippen LogP contribution in [0.1, 0.15) is 26.5 Å². The molecule has 0 aliphatic carbocycles. The van der Waals surface area contributed by atoms with Crippen molar-refractivity contribution in [3.05, 3.63) is 77.7 Å². The van der Waals surface area contributed by atoms with Crippen molar-refractivity contribution in [3.8, 4) is 11.1 Å². The molecular formula is C24H18F3N3O4. The Morgan fingerprint density at radius 3 is 2.53 bits per heavy atom. The second kappa shape index (κ2) is 8.05. The summed E-state index contributed by atoms with van der Waals surface area (Å²) in [5.41, 5.74) is 0.363. The van der Waals surface area contributed by atoms with Crippen molar-refractivity contribution in [1.82, 2.24) is 9.80 Å². The molecule has 1 aromatic heterocycles. The summed E-state index contributed by atoms with van der Waals surface area (Å²) in [6, 6.07) is 11.6.